The Hall–Kier alpha value is -5.77. The van der Waals surface area contributed by atoms with Crippen molar-refractivity contribution in [3.63, 3.8) is 0 Å². The Morgan fingerprint density at radius 1 is 0.696 bits per heavy atom. The van der Waals surface area contributed by atoms with Crippen molar-refractivity contribution >= 4 is 73.6 Å². The van der Waals surface area contributed by atoms with Gasteiger partial charge in [0.2, 0.25) is 0 Å². The van der Waals surface area contributed by atoms with Gasteiger partial charge in [-0.3, -0.25) is 19.2 Å². The number of carbonyl (C=O) groups is 2. The van der Waals surface area contributed by atoms with E-state index in [4.69, 9.17) is 16.9 Å². The number of thiophene rings is 2. The summed E-state index contributed by atoms with van der Waals surface area (Å²) in [5.41, 5.74) is 3.40. The molecule has 3 N–H and O–H groups in total. The van der Waals surface area contributed by atoms with Crippen LogP contribution in [0.2, 0.25) is 5.02 Å². The van der Waals surface area contributed by atoms with Crippen LogP contribution in [-0.4, -0.2) is 83.9 Å². The highest BCUT2D eigenvalue weighted by molar-refractivity contribution is 7.12. The third kappa shape index (κ3) is 9.18. The molecule has 6 heterocycles. The zero-order valence-electron chi connectivity index (χ0n) is 30.1. The Morgan fingerprint density at radius 2 is 1.18 bits per heavy atom. The first-order valence-corrected chi connectivity index (χ1v) is 19.6. The van der Waals surface area contributed by atoms with Gasteiger partial charge in [0, 0.05) is 68.6 Å². The normalized spacial score (nSPS) is 13.7. The number of aromatic nitrogens is 2. The molecular weight excluding hydrogens is 768 g/mol. The predicted molar refractivity (Wildman–Crippen MR) is 225 cm³/mol. The van der Waals surface area contributed by atoms with Gasteiger partial charge in [-0.1, -0.05) is 54.4 Å². The van der Waals surface area contributed by atoms with Gasteiger partial charge < -0.3 is 30.0 Å². The van der Waals surface area contributed by atoms with Crippen molar-refractivity contribution in [1.29, 1.82) is 10.5 Å². The molecule has 0 saturated carbocycles. The van der Waals surface area contributed by atoms with Gasteiger partial charge in [0.15, 0.2) is 0 Å². The van der Waals surface area contributed by atoms with Crippen molar-refractivity contribution < 1.29 is 9.59 Å². The average Bonchev–Trinajstić information content (AvgIpc) is 3.95. The smallest absolute Gasteiger partial charge is 0.268 e. The maximum atomic E-state index is 12.5. The maximum Gasteiger partial charge on any atom is 0.268 e. The van der Waals surface area contributed by atoms with Gasteiger partial charge in [0.1, 0.15) is 23.3 Å². The number of halogens is 1. The fraction of sp³-hybridized carbons (Fsp3) is 0.268. The number of aromatic amines is 2. The molecule has 15 heteroatoms. The average molecular weight is 809 g/mol. The number of pyridine rings is 2. The molecule has 0 unspecified atom stereocenters. The number of anilines is 1. The number of piperazine rings is 2. The molecule has 12 nitrogen and oxygen atoms in total. The van der Waals surface area contributed by atoms with E-state index in [9.17, 15) is 24.4 Å². The standard InChI is InChI=1S/C20H18N4O2S.C11H7ClN2O.C9H12N2OS.CH4/c1-13-4-5-16-14(11-13)18(15(12-21)19(25)22-16)23-6-8-24(9-7-23)20(26)17-3-2-10-27-17;1-6-2-3-9-7(4-6)10(12)8(5-13)11(15)14-9;12-9(8-2-1-7-13-8)11-5-3-10-4-6-11;/h2-5,10-11H,6-9H2,1H3,(H,22,25);2-4H,1H3,(H,14,15);1-2,7,10H,3-6H2;1H4. The Kier molecular flexibility index (Phi) is 13.8. The second-order valence-corrected chi connectivity index (χ2v) is 15.2. The third-order valence-corrected chi connectivity index (χ3v) is 11.3. The number of hydrogen-bond acceptors (Lipinski definition) is 10. The van der Waals surface area contributed by atoms with Crippen LogP contribution in [-0.2, 0) is 0 Å². The summed E-state index contributed by atoms with van der Waals surface area (Å²) >= 11 is 8.93. The Bertz CT molecular complexity index is 2540. The molecular formula is C41H41ClN8O4S2. The number of carbonyl (C=O) groups excluding carboxylic acids is 2. The maximum absolute atomic E-state index is 12.5. The van der Waals surface area contributed by atoms with E-state index in [0.29, 0.717) is 42.8 Å². The monoisotopic (exact) mass is 808 g/mol. The second kappa shape index (κ2) is 18.7. The highest BCUT2D eigenvalue weighted by Crippen LogP contribution is 2.30. The van der Waals surface area contributed by atoms with Crippen molar-refractivity contribution in [1.82, 2.24) is 25.1 Å². The number of aryl methyl sites for hydroxylation is 2. The summed E-state index contributed by atoms with van der Waals surface area (Å²) in [6.07, 6.45) is 0. The minimum atomic E-state index is -0.446. The van der Waals surface area contributed by atoms with Crippen LogP contribution in [0.4, 0.5) is 5.69 Å². The third-order valence-electron chi connectivity index (χ3n) is 9.22. The van der Waals surface area contributed by atoms with Crippen molar-refractivity contribution in [2.75, 3.05) is 57.3 Å². The fourth-order valence-corrected chi connectivity index (χ4v) is 8.07. The molecule has 0 atom stereocenters. The van der Waals surface area contributed by atoms with E-state index in [1.807, 2.05) is 93.9 Å². The minimum Gasteiger partial charge on any atom is -0.366 e. The molecule has 2 amide bonds. The zero-order chi connectivity index (χ0) is 39.1. The number of benzene rings is 2. The molecule has 0 bridgehead atoms. The number of nitriles is 2. The lowest BCUT2D eigenvalue weighted by Gasteiger charge is -2.36. The Balaban J connectivity index is 0.000000175. The summed E-state index contributed by atoms with van der Waals surface area (Å²) in [7, 11) is 0. The molecule has 2 fully saturated rings. The molecule has 6 aromatic rings. The highest BCUT2D eigenvalue weighted by atomic mass is 35.5. The van der Waals surface area contributed by atoms with Crippen molar-refractivity contribution in [2.24, 2.45) is 0 Å². The molecule has 2 aliphatic rings. The Labute approximate surface area is 337 Å². The lowest BCUT2D eigenvalue weighted by molar-refractivity contribution is 0.0737. The summed E-state index contributed by atoms with van der Waals surface area (Å²) < 4.78 is 0. The number of H-pyrrole nitrogens is 2. The predicted octanol–water partition coefficient (Wildman–Crippen LogP) is 6.52. The second-order valence-electron chi connectivity index (χ2n) is 12.9. The molecule has 4 aromatic heterocycles. The number of nitrogens with one attached hydrogen (secondary N) is 3. The zero-order valence-corrected chi connectivity index (χ0v) is 32.5. The minimum absolute atomic E-state index is 0. The molecule has 0 radical (unpaired) electrons. The van der Waals surface area contributed by atoms with Gasteiger partial charge in [0.05, 0.1) is 26.0 Å². The first kappa shape index (κ1) is 41.4. The van der Waals surface area contributed by atoms with Crippen molar-refractivity contribution in [3.8, 4) is 12.1 Å². The van der Waals surface area contributed by atoms with E-state index >= 15 is 0 Å². The van der Waals surface area contributed by atoms with Crippen molar-refractivity contribution in [2.45, 2.75) is 21.3 Å². The number of amides is 2. The molecule has 2 aliphatic heterocycles. The van der Waals surface area contributed by atoms with Gasteiger partial charge in [-0.05, 0) is 61.0 Å². The van der Waals surface area contributed by atoms with Gasteiger partial charge >= 0.3 is 0 Å². The lowest BCUT2D eigenvalue weighted by atomic mass is 10.1. The first-order chi connectivity index (χ1) is 26.6. The number of fused-ring (bicyclic) bond motifs is 2. The largest absolute Gasteiger partial charge is 0.366 e. The highest BCUT2D eigenvalue weighted by Gasteiger charge is 2.26. The molecule has 2 aromatic carbocycles. The number of nitrogens with zero attached hydrogens (tertiary/aromatic N) is 5. The Morgan fingerprint density at radius 3 is 1.68 bits per heavy atom. The van der Waals surface area contributed by atoms with Crippen LogP contribution in [0.1, 0.15) is 49.0 Å². The summed E-state index contributed by atoms with van der Waals surface area (Å²) in [5.74, 6) is 0.216. The first-order valence-electron chi connectivity index (χ1n) is 17.5. The summed E-state index contributed by atoms with van der Waals surface area (Å²) in [6.45, 7) is 9.67. The van der Waals surface area contributed by atoms with Gasteiger partial charge in [-0.2, -0.15) is 10.5 Å². The van der Waals surface area contributed by atoms with Gasteiger partial charge in [-0.25, -0.2) is 0 Å². The quantitative estimate of drug-likeness (QED) is 0.182. The van der Waals surface area contributed by atoms with Crippen LogP contribution in [0.15, 0.2) is 81.0 Å². The molecule has 8 rings (SSSR count). The van der Waals surface area contributed by atoms with Crippen LogP contribution in [0.5, 0.6) is 0 Å². The fourth-order valence-electron chi connectivity index (χ4n) is 6.40. The van der Waals surface area contributed by atoms with Crippen LogP contribution >= 0.6 is 34.3 Å². The summed E-state index contributed by atoms with van der Waals surface area (Å²) in [6, 6.07) is 22.7. The van der Waals surface area contributed by atoms with E-state index in [1.165, 1.54) is 22.7 Å². The van der Waals surface area contributed by atoms with E-state index in [-0.39, 0.29) is 40.9 Å². The number of hydrogen-bond donors (Lipinski definition) is 3. The van der Waals surface area contributed by atoms with E-state index in [2.05, 4.69) is 21.4 Å². The number of rotatable bonds is 3. The molecule has 56 heavy (non-hydrogen) atoms. The molecule has 0 spiro atoms. The van der Waals surface area contributed by atoms with Gasteiger partial charge in [-0.15, -0.1) is 22.7 Å². The van der Waals surface area contributed by atoms with E-state index in [0.717, 1.165) is 58.0 Å². The SMILES string of the molecule is C.Cc1ccc2[nH]c(=O)c(C#N)c(Cl)c2c1.Cc1ccc2[nH]c(=O)c(C#N)c(N3CCN(C(=O)c4cccs4)CC3)c2c1.O=C(c1cccs1)N1CCNCC1. The molecule has 288 valence electrons. The van der Waals surface area contributed by atoms with E-state index < -0.39 is 5.56 Å². The van der Waals surface area contributed by atoms with Crippen LogP contribution in [0.3, 0.4) is 0 Å². The summed E-state index contributed by atoms with van der Waals surface area (Å²) in [5, 5.41) is 27.2. The molecule has 0 aliphatic carbocycles. The van der Waals surface area contributed by atoms with Crippen LogP contribution in [0, 0.1) is 36.5 Å². The van der Waals surface area contributed by atoms with Crippen LogP contribution < -0.4 is 21.3 Å². The lowest BCUT2D eigenvalue weighted by Crippen LogP contribution is -2.49. The van der Waals surface area contributed by atoms with Crippen molar-refractivity contribution in [3.05, 3.63) is 129 Å². The molecule has 2 saturated heterocycles. The summed E-state index contributed by atoms with van der Waals surface area (Å²) in [4.78, 5) is 60.9. The van der Waals surface area contributed by atoms with Gasteiger partial charge in [0.25, 0.3) is 22.9 Å². The van der Waals surface area contributed by atoms with Crippen LogP contribution in [0.25, 0.3) is 21.8 Å². The van der Waals surface area contributed by atoms with E-state index in [1.54, 1.807) is 12.1 Å². The topological polar surface area (TPSA) is 169 Å².